The van der Waals surface area contributed by atoms with Crippen LogP contribution in [0.2, 0.25) is 0 Å². The molecule has 0 aromatic heterocycles. The molecule has 1 aromatic rings. The van der Waals surface area contributed by atoms with Gasteiger partial charge in [-0.1, -0.05) is 19.1 Å². The predicted octanol–water partition coefficient (Wildman–Crippen LogP) is 2.49. The third-order valence-electron chi connectivity index (χ3n) is 4.00. The molecule has 18 heavy (non-hydrogen) atoms. The van der Waals surface area contributed by atoms with Crippen LogP contribution in [0.1, 0.15) is 25.8 Å². The van der Waals surface area contributed by atoms with E-state index < -0.39 is 0 Å². The van der Waals surface area contributed by atoms with Crippen molar-refractivity contribution in [3.05, 3.63) is 29.8 Å². The second kappa shape index (κ2) is 5.53. The zero-order valence-corrected chi connectivity index (χ0v) is 11.3. The highest BCUT2D eigenvalue weighted by atomic mass is 16.5. The number of carbonyl (C=O) groups excluding carboxylic acids is 1. The van der Waals surface area contributed by atoms with Crippen LogP contribution in [0.5, 0.6) is 5.75 Å². The van der Waals surface area contributed by atoms with Crippen LogP contribution in [-0.2, 0) is 11.3 Å². The third kappa shape index (κ3) is 2.72. The Morgan fingerprint density at radius 1 is 1.28 bits per heavy atom. The van der Waals surface area contributed by atoms with E-state index >= 15 is 0 Å². The van der Waals surface area contributed by atoms with Crippen molar-refractivity contribution in [1.82, 2.24) is 4.90 Å². The monoisotopic (exact) mass is 247 g/mol. The average Bonchev–Trinajstić information content (AvgIpc) is 2.40. The van der Waals surface area contributed by atoms with E-state index in [9.17, 15) is 4.79 Å². The van der Waals surface area contributed by atoms with Gasteiger partial charge in [-0.3, -0.25) is 9.69 Å². The molecule has 2 atom stereocenters. The van der Waals surface area contributed by atoms with Crippen molar-refractivity contribution in [3.63, 3.8) is 0 Å². The number of nitrogens with zero attached hydrogens (tertiary/aromatic N) is 1. The Labute approximate surface area is 109 Å². The largest absolute Gasteiger partial charge is 0.497 e. The molecule has 0 spiro atoms. The summed E-state index contributed by atoms with van der Waals surface area (Å²) < 4.78 is 5.15. The quantitative estimate of drug-likeness (QED) is 0.822. The van der Waals surface area contributed by atoms with Gasteiger partial charge in [-0.25, -0.2) is 0 Å². The molecule has 98 valence electrons. The van der Waals surface area contributed by atoms with Crippen molar-refractivity contribution in [2.75, 3.05) is 13.7 Å². The molecule has 0 N–H and O–H groups in total. The Hall–Kier alpha value is -1.35. The minimum atomic E-state index is 0.150. The smallest absolute Gasteiger partial charge is 0.138 e. The molecular formula is C15H21NO2. The summed E-state index contributed by atoms with van der Waals surface area (Å²) in [5, 5.41) is 0. The zero-order valence-electron chi connectivity index (χ0n) is 11.3. The lowest BCUT2D eigenvalue weighted by molar-refractivity contribution is -0.128. The van der Waals surface area contributed by atoms with E-state index in [-0.39, 0.29) is 5.92 Å². The maximum atomic E-state index is 11.6. The minimum Gasteiger partial charge on any atom is -0.497 e. The van der Waals surface area contributed by atoms with Crippen LogP contribution in [0.15, 0.2) is 24.3 Å². The van der Waals surface area contributed by atoms with Crippen LogP contribution in [0.3, 0.4) is 0 Å². The lowest BCUT2D eigenvalue weighted by atomic mass is 9.90. The lowest BCUT2D eigenvalue weighted by Crippen LogP contribution is -2.46. The molecule has 0 bridgehead atoms. The van der Waals surface area contributed by atoms with Crippen molar-refractivity contribution in [3.8, 4) is 5.75 Å². The number of benzene rings is 1. The van der Waals surface area contributed by atoms with E-state index in [0.29, 0.717) is 18.2 Å². The molecule has 0 aliphatic carbocycles. The van der Waals surface area contributed by atoms with E-state index in [0.717, 1.165) is 18.8 Å². The Morgan fingerprint density at radius 2 is 1.94 bits per heavy atom. The number of carbonyl (C=O) groups is 1. The summed E-state index contributed by atoms with van der Waals surface area (Å²) in [6, 6.07) is 8.48. The second-order valence-corrected chi connectivity index (χ2v) is 5.06. The predicted molar refractivity (Wildman–Crippen MR) is 71.7 cm³/mol. The zero-order chi connectivity index (χ0) is 13.1. The average molecular weight is 247 g/mol. The summed E-state index contributed by atoms with van der Waals surface area (Å²) in [7, 11) is 1.68. The number of ketones is 1. The van der Waals surface area contributed by atoms with Gasteiger partial charge in [-0.2, -0.15) is 0 Å². The van der Waals surface area contributed by atoms with Gasteiger partial charge >= 0.3 is 0 Å². The van der Waals surface area contributed by atoms with Gasteiger partial charge in [-0.15, -0.1) is 0 Å². The molecule has 1 aromatic carbocycles. The number of hydrogen-bond acceptors (Lipinski definition) is 3. The number of piperidine rings is 1. The summed E-state index contributed by atoms with van der Waals surface area (Å²) in [6.45, 7) is 5.96. The fraction of sp³-hybridized carbons (Fsp3) is 0.533. The first-order chi connectivity index (χ1) is 8.61. The molecule has 2 unspecified atom stereocenters. The normalized spacial score (nSPS) is 25.2. The van der Waals surface area contributed by atoms with E-state index in [4.69, 9.17) is 4.74 Å². The van der Waals surface area contributed by atoms with Gasteiger partial charge in [-0.05, 0) is 24.6 Å². The highest BCUT2D eigenvalue weighted by Crippen LogP contribution is 2.22. The molecule has 1 saturated heterocycles. The van der Waals surface area contributed by atoms with E-state index in [1.54, 1.807) is 7.11 Å². The van der Waals surface area contributed by atoms with Gasteiger partial charge in [0.25, 0.3) is 0 Å². The summed E-state index contributed by atoms with van der Waals surface area (Å²) >= 11 is 0. The molecule has 2 rings (SSSR count). The number of ether oxygens (including phenoxy) is 1. The molecule has 3 nitrogen and oxygen atoms in total. The van der Waals surface area contributed by atoms with Crippen LogP contribution in [0, 0.1) is 5.92 Å². The van der Waals surface area contributed by atoms with Crippen LogP contribution in [0.4, 0.5) is 0 Å². The fourth-order valence-electron chi connectivity index (χ4n) is 2.46. The van der Waals surface area contributed by atoms with Gasteiger partial charge in [0, 0.05) is 31.5 Å². The first-order valence-electron chi connectivity index (χ1n) is 6.51. The summed E-state index contributed by atoms with van der Waals surface area (Å²) in [5.41, 5.74) is 1.27. The second-order valence-electron chi connectivity index (χ2n) is 5.06. The van der Waals surface area contributed by atoms with Crippen LogP contribution < -0.4 is 4.74 Å². The number of rotatable bonds is 3. The summed E-state index contributed by atoms with van der Waals surface area (Å²) in [5.74, 6) is 1.43. The topological polar surface area (TPSA) is 29.5 Å². The highest BCUT2D eigenvalue weighted by molar-refractivity contribution is 5.82. The maximum absolute atomic E-state index is 11.6. The van der Waals surface area contributed by atoms with Gasteiger partial charge in [0.1, 0.15) is 11.5 Å². The molecule has 0 radical (unpaired) electrons. The highest BCUT2D eigenvalue weighted by Gasteiger charge is 2.30. The summed E-state index contributed by atoms with van der Waals surface area (Å²) in [6.07, 6.45) is 0.682. The lowest BCUT2D eigenvalue weighted by Gasteiger charge is -2.37. The van der Waals surface area contributed by atoms with Crippen LogP contribution >= 0.6 is 0 Å². The van der Waals surface area contributed by atoms with Gasteiger partial charge in [0.05, 0.1) is 7.11 Å². The number of likely N-dealkylation sites (tertiary alicyclic amines) is 1. The Balaban J connectivity index is 2.02. The SMILES string of the molecule is COc1ccc(CN2CCC(=O)C(C)C2C)cc1. The maximum Gasteiger partial charge on any atom is 0.138 e. The minimum absolute atomic E-state index is 0.150. The van der Waals surface area contributed by atoms with Gasteiger partial charge < -0.3 is 4.74 Å². The first kappa shape index (κ1) is 13.1. The molecule has 1 aliphatic rings. The van der Waals surface area contributed by atoms with Crippen molar-refractivity contribution in [2.24, 2.45) is 5.92 Å². The van der Waals surface area contributed by atoms with Crippen LogP contribution in [-0.4, -0.2) is 30.4 Å². The van der Waals surface area contributed by atoms with Gasteiger partial charge in [0.15, 0.2) is 0 Å². The molecule has 3 heteroatoms. The standard InChI is InChI=1S/C15H21NO2/c1-11-12(2)16(9-8-15(11)17)10-13-4-6-14(18-3)7-5-13/h4-7,11-12H,8-10H2,1-3H3. The summed E-state index contributed by atoms with van der Waals surface area (Å²) in [4.78, 5) is 14.0. The fourth-order valence-corrected chi connectivity index (χ4v) is 2.46. The molecule has 1 aliphatic heterocycles. The van der Waals surface area contributed by atoms with E-state index in [1.165, 1.54) is 5.56 Å². The third-order valence-corrected chi connectivity index (χ3v) is 4.00. The van der Waals surface area contributed by atoms with Gasteiger partial charge in [0.2, 0.25) is 0 Å². The number of methoxy groups -OCH3 is 1. The Kier molecular flexibility index (Phi) is 4.02. The van der Waals surface area contributed by atoms with E-state index in [1.807, 2.05) is 19.1 Å². The van der Waals surface area contributed by atoms with Crippen molar-refractivity contribution in [2.45, 2.75) is 32.9 Å². The van der Waals surface area contributed by atoms with E-state index in [2.05, 4.69) is 24.0 Å². The Morgan fingerprint density at radius 3 is 2.56 bits per heavy atom. The Bertz CT molecular complexity index is 413. The van der Waals surface area contributed by atoms with Crippen molar-refractivity contribution < 1.29 is 9.53 Å². The molecule has 1 heterocycles. The molecule has 1 fully saturated rings. The van der Waals surface area contributed by atoms with Crippen molar-refractivity contribution in [1.29, 1.82) is 0 Å². The number of Topliss-reactive ketones (excluding diaryl/α,β-unsaturated/α-hetero) is 1. The van der Waals surface area contributed by atoms with Crippen LogP contribution in [0.25, 0.3) is 0 Å². The van der Waals surface area contributed by atoms with Crippen molar-refractivity contribution >= 4 is 5.78 Å². The molecule has 0 amide bonds. The first-order valence-corrected chi connectivity index (χ1v) is 6.51. The molecule has 0 saturated carbocycles. The molecular weight excluding hydrogens is 226 g/mol. The number of hydrogen-bond donors (Lipinski definition) is 0.